The summed E-state index contributed by atoms with van der Waals surface area (Å²) < 4.78 is 10.2. The minimum Gasteiger partial charge on any atom is -0.391 e. The fourth-order valence-corrected chi connectivity index (χ4v) is 1.28. The highest BCUT2D eigenvalue weighted by molar-refractivity contribution is 5.76. The van der Waals surface area contributed by atoms with Crippen molar-refractivity contribution in [3.05, 3.63) is 0 Å². The number of amides is 3. The van der Waals surface area contributed by atoms with Crippen LogP contribution in [-0.2, 0) is 38.4 Å². The van der Waals surface area contributed by atoms with E-state index in [4.69, 9.17) is 29.1 Å². The molecule has 1 unspecified atom stereocenters. The maximum Gasteiger partial charge on any atom is 0.269 e. The minimum absolute atomic E-state index is 0.0136. The Bertz CT molecular complexity index is 435. The monoisotopic (exact) mass is 395 g/mol. The van der Waals surface area contributed by atoms with Crippen LogP contribution in [0.4, 0.5) is 0 Å². The summed E-state index contributed by atoms with van der Waals surface area (Å²) in [5.41, 5.74) is 6.46. The molecule has 0 aromatic carbocycles. The lowest BCUT2D eigenvalue weighted by atomic mass is 10.4. The van der Waals surface area contributed by atoms with Crippen LogP contribution in [0.25, 0.3) is 0 Å². The van der Waals surface area contributed by atoms with Crippen molar-refractivity contribution in [2.75, 3.05) is 39.6 Å². The average molecular weight is 395 g/mol. The van der Waals surface area contributed by atoms with Gasteiger partial charge in [0, 0.05) is 6.42 Å². The van der Waals surface area contributed by atoms with Gasteiger partial charge in [0.15, 0.2) is 0 Å². The van der Waals surface area contributed by atoms with Gasteiger partial charge in [-0.3, -0.25) is 28.9 Å². The Labute approximate surface area is 157 Å². The number of ether oxygens (including phenoxy) is 2. The smallest absolute Gasteiger partial charge is 0.269 e. The van der Waals surface area contributed by atoms with Gasteiger partial charge in [-0.15, -0.1) is 0 Å². The molecule has 0 aromatic rings. The number of aliphatic hydroxyl groups is 1. The van der Waals surface area contributed by atoms with Crippen LogP contribution in [0.15, 0.2) is 0 Å². The molecular weight excluding hydrogens is 366 g/mol. The third-order valence-corrected chi connectivity index (χ3v) is 2.58. The number of aliphatic hydroxyl groups excluding tert-OH is 1. The zero-order valence-corrected chi connectivity index (χ0v) is 15.8. The normalized spacial score (nSPS) is 12.9. The molecule has 0 bridgehead atoms. The van der Waals surface area contributed by atoms with Gasteiger partial charge in [0.1, 0.15) is 26.4 Å². The first-order valence-electron chi connectivity index (χ1n) is 8.44. The highest BCUT2D eigenvalue weighted by Gasteiger charge is 2.09. The molecule has 0 saturated carbocycles. The van der Waals surface area contributed by atoms with Crippen LogP contribution in [0.3, 0.4) is 0 Å². The molecular formula is C15H29N3O9. The van der Waals surface area contributed by atoms with Crippen LogP contribution >= 0.6 is 0 Å². The Morgan fingerprint density at radius 3 is 2.07 bits per heavy atom. The van der Waals surface area contributed by atoms with Gasteiger partial charge >= 0.3 is 0 Å². The second-order valence-electron chi connectivity index (χ2n) is 5.42. The first kappa shape index (κ1) is 25.2. The molecule has 0 fully saturated rings. The van der Waals surface area contributed by atoms with E-state index < -0.39 is 24.0 Å². The predicted molar refractivity (Wildman–Crippen MR) is 90.5 cm³/mol. The molecule has 0 heterocycles. The molecule has 12 heteroatoms. The quantitative estimate of drug-likeness (QED) is 0.178. The van der Waals surface area contributed by atoms with E-state index in [9.17, 15) is 14.4 Å². The van der Waals surface area contributed by atoms with E-state index in [0.29, 0.717) is 6.42 Å². The average Bonchev–Trinajstić information content (AvgIpc) is 2.62. The Morgan fingerprint density at radius 1 is 0.852 bits per heavy atom. The Kier molecular flexibility index (Phi) is 15.2. The van der Waals surface area contributed by atoms with Crippen molar-refractivity contribution in [2.45, 2.75) is 39.4 Å². The lowest BCUT2D eigenvalue weighted by Gasteiger charge is -2.14. The highest BCUT2D eigenvalue weighted by atomic mass is 16.7. The van der Waals surface area contributed by atoms with Gasteiger partial charge in [0.05, 0.1) is 25.4 Å². The summed E-state index contributed by atoms with van der Waals surface area (Å²) in [4.78, 5) is 48.1. The molecule has 0 aliphatic rings. The first-order chi connectivity index (χ1) is 12.8. The third-order valence-electron chi connectivity index (χ3n) is 2.58. The summed E-state index contributed by atoms with van der Waals surface area (Å²) in [5.74, 6) is -1.27. The number of carbonyl (C=O) groups excluding carboxylic acids is 3. The predicted octanol–water partition coefficient (Wildman–Crippen LogP) is -1.66. The van der Waals surface area contributed by atoms with E-state index >= 15 is 0 Å². The van der Waals surface area contributed by atoms with Crippen molar-refractivity contribution < 1.29 is 43.5 Å². The van der Waals surface area contributed by atoms with Crippen LogP contribution in [0.2, 0.25) is 0 Å². The Morgan fingerprint density at radius 2 is 1.44 bits per heavy atom. The molecule has 4 N–H and O–H groups in total. The molecule has 0 spiro atoms. The van der Waals surface area contributed by atoms with Crippen LogP contribution in [0.5, 0.6) is 0 Å². The SMILES string of the molecule is CCC(=O)NOCCOCC(=O)NOCC(C)OCC(=O)NOC[C@H](C)O. The molecule has 27 heavy (non-hydrogen) atoms. The molecule has 3 amide bonds. The zero-order chi connectivity index (χ0) is 20.5. The topological polar surface area (TPSA) is 154 Å². The molecule has 0 radical (unpaired) electrons. The van der Waals surface area contributed by atoms with E-state index in [2.05, 4.69) is 16.4 Å². The second kappa shape index (κ2) is 16.4. The summed E-state index contributed by atoms with van der Waals surface area (Å²) in [5, 5.41) is 8.96. The zero-order valence-electron chi connectivity index (χ0n) is 15.8. The molecule has 0 aromatic heterocycles. The van der Waals surface area contributed by atoms with Crippen LogP contribution in [0, 0.1) is 0 Å². The van der Waals surface area contributed by atoms with Crippen molar-refractivity contribution in [1.82, 2.24) is 16.4 Å². The van der Waals surface area contributed by atoms with Crippen molar-refractivity contribution in [2.24, 2.45) is 0 Å². The van der Waals surface area contributed by atoms with Gasteiger partial charge < -0.3 is 14.6 Å². The maximum atomic E-state index is 11.4. The second-order valence-corrected chi connectivity index (χ2v) is 5.42. The maximum absolute atomic E-state index is 11.4. The van der Waals surface area contributed by atoms with Gasteiger partial charge in [-0.05, 0) is 13.8 Å². The highest BCUT2D eigenvalue weighted by Crippen LogP contribution is 1.91. The summed E-state index contributed by atoms with van der Waals surface area (Å²) in [6.45, 7) is 4.54. The van der Waals surface area contributed by atoms with Crippen molar-refractivity contribution in [3.8, 4) is 0 Å². The molecule has 158 valence electrons. The van der Waals surface area contributed by atoms with Gasteiger partial charge in [0.2, 0.25) is 5.91 Å². The largest absolute Gasteiger partial charge is 0.391 e. The van der Waals surface area contributed by atoms with E-state index in [0.717, 1.165) is 0 Å². The van der Waals surface area contributed by atoms with E-state index in [1.807, 2.05) is 0 Å². The third kappa shape index (κ3) is 17.3. The van der Waals surface area contributed by atoms with Gasteiger partial charge in [0.25, 0.3) is 11.8 Å². The van der Waals surface area contributed by atoms with Gasteiger partial charge in [-0.1, -0.05) is 6.92 Å². The molecule has 0 saturated heterocycles. The summed E-state index contributed by atoms with van der Waals surface area (Å²) >= 11 is 0. The summed E-state index contributed by atoms with van der Waals surface area (Å²) in [7, 11) is 0. The van der Waals surface area contributed by atoms with Gasteiger partial charge in [-0.25, -0.2) is 16.4 Å². The molecule has 12 nitrogen and oxygen atoms in total. The fourth-order valence-electron chi connectivity index (χ4n) is 1.28. The number of carbonyl (C=O) groups is 3. The molecule has 2 atom stereocenters. The fraction of sp³-hybridized carbons (Fsp3) is 0.800. The van der Waals surface area contributed by atoms with Crippen LogP contribution in [-0.4, -0.2) is 74.7 Å². The van der Waals surface area contributed by atoms with E-state index in [-0.39, 0.29) is 45.5 Å². The van der Waals surface area contributed by atoms with Crippen molar-refractivity contribution in [3.63, 3.8) is 0 Å². The number of hydrogen-bond donors (Lipinski definition) is 4. The molecule has 0 rings (SSSR count). The van der Waals surface area contributed by atoms with E-state index in [1.165, 1.54) is 6.92 Å². The number of rotatable bonds is 16. The minimum atomic E-state index is -0.694. The van der Waals surface area contributed by atoms with E-state index in [1.54, 1.807) is 13.8 Å². The lowest BCUT2D eigenvalue weighted by molar-refractivity contribution is -0.148. The number of nitrogens with one attached hydrogen (secondary N) is 3. The standard InChI is InChI=1S/C15H29N3O9/c1-4-13(20)16-25-6-5-23-9-14(21)17-27-8-12(3)24-10-15(22)18-26-7-11(2)19/h11-12,19H,4-10H2,1-3H3,(H,16,20)(H,17,21)(H,18,22)/t11-,12?/m0/s1. The molecule has 0 aliphatic carbocycles. The summed E-state index contributed by atoms with van der Waals surface area (Å²) in [6, 6.07) is 0. The lowest BCUT2D eigenvalue weighted by Crippen LogP contribution is -2.34. The Hall–Kier alpha value is -1.83. The number of hydrogen-bond acceptors (Lipinski definition) is 9. The summed E-state index contributed by atoms with van der Waals surface area (Å²) in [6.07, 6.45) is -0.852. The first-order valence-corrected chi connectivity index (χ1v) is 8.44. The van der Waals surface area contributed by atoms with Crippen LogP contribution in [0.1, 0.15) is 27.2 Å². The van der Waals surface area contributed by atoms with Crippen LogP contribution < -0.4 is 16.4 Å². The number of hydroxylamine groups is 3. The Balaban J connectivity index is 3.54. The molecule has 0 aliphatic heterocycles. The van der Waals surface area contributed by atoms with Crippen molar-refractivity contribution in [1.29, 1.82) is 0 Å². The van der Waals surface area contributed by atoms with Crippen molar-refractivity contribution >= 4 is 17.7 Å². The van der Waals surface area contributed by atoms with Gasteiger partial charge in [-0.2, -0.15) is 0 Å².